The molecule has 0 aliphatic heterocycles. The molecular weight excluding hydrogens is 447 g/mol. The van der Waals surface area contributed by atoms with Gasteiger partial charge < -0.3 is 5.32 Å². The Kier molecular flexibility index (Phi) is 6.47. The molecule has 3 aromatic rings. The van der Waals surface area contributed by atoms with Crippen molar-refractivity contribution in [1.82, 2.24) is 15.3 Å². The summed E-state index contributed by atoms with van der Waals surface area (Å²) in [5.41, 5.74) is 1.80. The molecule has 4 nitrogen and oxygen atoms in total. The zero-order valence-corrected chi connectivity index (χ0v) is 19.4. The minimum absolute atomic E-state index is 0.0554. The molecule has 1 heterocycles. The first kappa shape index (κ1) is 23.3. The van der Waals surface area contributed by atoms with Crippen LogP contribution in [-0.2, 0) is 5.92 Å². The minimum Gasteiger partial charge on any atom is -0.344 e. The van der Waals surface area contributed by atoms with Crippen LogP contribution in [-0.4, -0.2) is 22.4 Å². The van der Waals surface area contributed by atoms with E-state index in [0.29, 0.717) is 26.7 Å². The molecule has 0 radical (unpaired) electrons. The smallest absolute Gasteiger partial charge is 0.290 e. The Morgan fingerprint density at radius 2 is 1.91 bits per heavy atom. The quantitative estimate of drug-likeness (QED) is 0.453. The number of aromatic nitrogens is 2. The molecule has 1 amide bonds. The van der Waals surface area contributed by atoms with Crippen molar-refractivity contribution >= 4 is 17.7 Å². The van der Waals surface area contributed by atoms with Crippen LogP contribution < -0.4 is 5.32 Å². The zero-order chi connectivity index (χ0) is 23.8. The van der Waals surface area contributed by atoms with Crippen molar-refractivity contribution in [2.24, 2.45) is 0 Å². The highest BCUT2D eigenvalue weighted by atomic mass is 32.2. The van der Waals surface area contributed by atoms with Gasteiger partial charge in [-0.2, -0.15) is 8.78 Å². The van der Waals surface area contributed by atoms with E-state index in [-0.39, 0.29) is 23.0 Å². The fourth-order valence-corrected chi connectivity index (χ4v) is 4.66. The number of nitrogens with zero attached hydrogens (tertiary/aromatic N) is 2. The summed E-state index contributed by atoms with van der Waals surface area (Å²) in [6.45, 7) is 4.17. The third-order valence-electron chi connectivity index (χ3n) is 5.57. The molecule has 172 valence electrons. The zero-order valence-electron chi connectivity index (χ0n) is 18.6. The first-order chi connectivity index (χ1) is 15.7. The first-order valence-electron chi connectivity index (χ1n) is 10.7. The highest BCUT2D eigenvalue weighted by Gasteiger charge is 2.34. The van der Waals surface area contributed by atoms with Gasteiger partial charge in [0.25, 0.3) is 11.8 Å². The lowest BCUT2D eigenvalue weighted by molar-refractivity contribution is -0.00315. The normalized spacial score (nSPS) is 13.8. The van der Waals surface area contributed by atoms with Gasteiger partial charge in [-0.05, 0) is 56.7 Å². The van der Waals surface area contributed by atoms with Gasteiger partial charge in [-0.1, -0.05) is 47.7 Å². The van der Waals surface area contributed by atoms with Crippen molar-refractivity contribution in [2.75, 3.05) is 6.54 Å². The van der Waals surface area contributed by atoms with Gasteiger partial charge >= 0.3 is 0 Å². The van der Waals surface area contributed by atoms with Crippen LogP contribution >= 0.6 is 11.8 Å². The van der Waals surface area contributed by atoms with Gasteiger partial charge in [-0.3, -0.25) is 4.79 Å². The molecule has 4 rings (SSSR count). The maximum absolute atomic E-state index is 15.0. The van der Waals surface area contributed by atoms with E-state index in [2.05, 4.69) is 15.3 Å². The molecule has 8 heteroatoms. The number of benzene rings is 2. The van der Waals surface area contributed by atoms with E-state index in [1.165, 1.54) is 12.3 Å². The number of alkyl halides is 2. The van der Waals surface area contributed by atoms with Crippen LogP contribution in [0, 0.1) is 26.6 Å². The number of hydrogen-bond acceptors (Lipinski definition) is 4. The molecule has 1 aromatic heterocycles. The van der Waals surface area contributed by atoms with Crippen molar-refractivity contribution in [2.45, 2.75) is 55.2 Å². The van der Waals surface area contributed by atoms with E-state index in [4.69, 9.17) is 0 Å². The molecule has 1 fully saturated rings. The predicted octanol–water partition coefficient (Wildman–Crippen LogP) is 6.09. The Morgan fingerprint density at radius 3 is 2.61 bits per heavy atom. The van der Waals surface area contributed by atoms with Gasteiger partial charge in [0, 0.05) is 16.7 Å². The van der Waals surface area contributed by atoms with Gasteiger partial charge in [0.1, 0.15) is 17.3 Å². The third kappa shape index (κ3) is 5.21. The predicted molar refractivity (Wildman–Crippen MR) is 121 cm³/mol. The van der Waals surface area contributed by atoms with Crippen molar-refractivity contribution in [1.29, 1.82) is 0 Å². The van der Waals surface area contributed by atoms with Crippen molar-refractivity contribution < 1.29 is 18.0 Å². The molecule has 0 unspecified atom stereocenters. The molecule has 0 atom stereocenters. The van der Waals surface area contributed by atoms with E-state index in [0.717, 1.165) is 30.2 Å². The summed E-state index contributed by atoms with van der Waals surface area (Å²) < 4.78 is 44.6. The van der Waals surface area contributed by atoms with Crippen molar-refractivity contribution in [3.63, 3.8) is 0 Å². The molecular formula is C25H24F3N3OS. The summed E-state index contributed by atoms with van der Waals surface area (Å²) >= 11 is 1.02. The second-order valence-corrected chi connectivity index (χ2v) is 9.46. The minimum atomic E-state index is -3.26. The van der Waals surface area contributed by atoms with Crippen LogP contribution in [0.4, 0.5) is 13.2 Å². The Bertz CT molecular complexity index is 1210. The molecule has 2 aromatic carbocycles. The van der Waals surface area contributed by atoms with Gasteiger partial charge in [0.15, 0.2) is 0 Å². The van der Waals surface area contributed by atoms with E-state index in [9.17, 15) is 18.0 Å². The number of nitrogens with one attached hydrogen (secondary N) is 1. The van der Waals surface area contributed by atoms with Crippen LogP contribution in [0.5, 0.6) is 0 Å². The lowest BCUT2D eigenvalue weighted by Crippen LogP contribution is -2.36. The monoisotopic (exact) mass is 471 g/mol. The summed E-state index contributed by atoms with van der Waals surface area (Å²) in [5.74, 6) is -3.79. The molecule has 33 heavy (non-hydrogen) atoms. The topological polar surface area (TPSA) is 54.9 Å². The number of carbonyl (C=O) groups is 1. The fraction of sp³-hybridized carbons (Fsp3) is 0.320. The molecule has 1 N–H and O–H groups in total. The summed E-state index contributed by atoms with van der Waals surface area (Å²) in [7, 11) is 0. The van der Waals surface area contributed by atoms with E-state index in [1.54, 1.807) is 44.2 Å². The SMILES string of the molecule is Cc1ccc(C(F)(F)CNC(=O)c2nc(C)ncc2Sc2cccc(C3CC3)c2F)c(C)c1. The highest BCUT2D eigenvalue weighted by Crippen LogP contribution is 2.44. The second-order valence-electron chi connectivity index (χ2n) is 8.37. The number of carbonyl (C=O) groups excluding carboxylic acids is 1. The summed E-state index contributed by atoms with van der Waals surface area (Å²) in [4.78, 5) is 21.8. The van der Waals surface area contributed by atoms with Crippen molar-refractivity contribution in [3.05, 3.63) is 82.2 Å². The summed E-state index contributed by atoms with van der Waals surface area (Å²) in [6.07, 6.45) is 3.34. The average molecular weight is 472 g/mol. The Labute approximate surface area is 195 Å². The first-order valence-corrected chi connectivity index (χ1v) is 11.5. The number of rotatable bonds is 7. The van der Waals surface area contributed by atoms with Gasteiger partial charge in [-0.15, -0.1) is 0 Å². The van der Waals surface area contributed by atoms with Crippen LogP contribution in [0.3, 0.4) is 0 Å². The summed E-state index contributed by atoms with van der Waals surface area (Å²) in [6, 6.07) is 9.84. The number of amides is 1. The molecule has 1 aliphatic rings. The maximum Gasteiger partial charge on any atom is 0.290 e. The molecule has 0 saturated heterocycles. The van der Waals surface area contributed by atoms with Crippen LogP contribution in [0.1, 0.15) is 57.3 Å². The fourth-order valence-electron chi connectivity index (χ4n) is 3.73. The number of aryl methyl sites for hydroxylation is 3. The van der Waals surface area contributed by atoms with E-state index in [1.807, 2.05) is 6.92 Å². The molecule has 0 spiro atoms. The molecule has 0 bridgehead atoms. The lowest BCUT2D eigenvalue weighted by atomic mass is 10.0. The average Bonchev–Trinajstić information content (AvgIpc) is 3.59. The number of hydrogen-bond donors (Lipinski definition) is 1. The second kappa shape index (κ2) is 9.17. The van der Waals surface area contributed by atoms with E-state index >= 15 is 0 Å². The lowest BCUT2D eigenvalue weighted by Gasteiger charge is -2.20. The van der Waals surface area contributed by atoms with Crippen LogP contribution in [0.2, 0.25) is 0 Å². The summed E-state index contributed by atoms with van der Waals surface area (Å²) in [5, 5.41) is 2.30. The van der Waals surface area contributed by atoms with Gasteiger partial charge in [0.05, 0.1) is 11.4 Å². The largest absolute Gasteiger partial charge is 0.344 e. The Morgan fingerprint density at radius 1 is 1.15 bits per heavy atom. The number of halogens is 3. The van der Waals surface area contributed by atoms with Gasteiger partial charge in [0.2, 0.25) is 0 Å². The van der Waals surface area contributed by atoms with E-state index < -0.39 is 18.4 Å². The Balaban J connectivity index is 1.55. The molecule has 1 aliphatic carbocycles. The van der Waals surface area contributed by atoms with Crippen LogP contribution in [0.25, 0.3) is 0 Å². The third-order valence-corrected chi connectivity index (χ3v) is 6.62. The van der Waals surface area contributed by atoms with Crippen molar-refractivity contribution in [3.8, 4) is 0 Å². The highest BCUT2D eigenvalue weighted by molar-refractivity contribution is 7.99. The molecule has 1 saturated carbocycles. The standard InChI is InChI=1S/C25H24F3N3OS/c1-14-7-10-19(15(2)11-14)25(27,28)13-30-24(32)23-21(12-29-16(3)31-23)33-20-6-4-5-18(22(20)26)17-8-9-17/h4-7,10-12,17H,8-9,13H2,1-3H3,(H,30,32). The maximum atomic E-state index is 15.0. The van der Waals surface area contributed by atoms with Crippen LogP contribution in [0.15, 0.2) is 52.4 Å². The Hall–Kier alpha value is -2.87. The van der Waals surface area contributed by atoms with Gasteiger partial charge in [-0.25, -0.2) is 14.4 Å².